The second kappa shape index (κ2) is 6.10. The second-order valence-corrected chi connectivity index (χ2v) is 8.68. The molecule has 0 saturated carbocycles. The molecule has 1 aliphatic heterocycles. The van der Waals surface area contributed by atoms with E-state index in [0.717, 1.165) is 34.0 Å². The quantitative estimate of drug-likeness (QED) is 0.370. The van der Waals surface area contributed by atoms with Crippen molar-refractivity contribution in [2.24, 2.45) is 0 Å². The predicted octanol–water partition coefficient (Wildman–Crippen LogP) is 5.67. The fraction of sp³-hybridized carbons (Fsp3) is 0.190. The molecule has 0 N–H and O–H groups in total. The van der Waals surface area contributed by atoms with Crippen LogP contribution in [0.3, 0.4) is 0 Å². The summed E-state index contributed by atoms with van der Waals surface area (Å²) in [7, 11) is 0. The number of benzene rings is 2. The molecule has 26 heavy (non-hydrogen) atoms. The first kappa shape index (κ1) is 16.3. The molecule has 3 heterocycles. The molecule has 0 fully saturated rings. The van der Waals surface area contributed by atoms with Gasteiger partial charge in [0.15, 0.2) is 0 Å². The summed E-state index contributed by atoms with van der Waals surface area (Å²) in [5.41, 5.74) is 3.67. The van der Waals surface area contributed by atoms with Gasteiger partial charge in [0.25, 0.3) is 5.56 Å². The van der Waals surface area contributed by atoms with Gasteiger partial charge in [-0.2, -0.15) is 0 Å². The minimum absolute atomic E-state index is 0.108. The van der Waals surface area contributed by atoms with Crippen molar-refractivity contribution in [3.63, 3.8) is 0 Å². The van der Waals surface area contributed by atoms with Gasteiger partial charge in [-0.15, -0.1) is 0 Å². The zero-order chi connectivity index (χ0) is 17.8. The van der Waals surface area contributed by atoms with Crippen LogP contribution >= 0.6 is 31.9 Å². The average molecular weight is 472 g/mol. The largest absolute Gasteiger partial charge is 0.338 e. The summed E-state index contributed by atoms with van der Waals surface area (Å²) in [6, 6.07) is 18.7. The van der Waals surface area contributed by atoms with E-state index in [1.165, 1.54) is 21.8 Å². The maximum absolute atomic E-state index is 12.4. The summed E-state index contributed by atoms with van der Waals surface area (Å²) >= 11 is 7.20. The molecule has 5 heteroatoms. The van der Waals surface area contributed by atoms with Crippen LogP contribution in [0.25, 0.3) is 21.8 Å². The Kier molecular flexibility index (Phi) is 3.83. The Hall–Kier alpha value is -1.85. The predicted molar refractivity (Wildman–Crippen MR) is 113 cm³/mol. The van der Waals surface area contributed by atoms with Gasteiger partial charge >= 0.3 is 0 Å². The number of hydrogen-bond donors (Lipinski definition) is 0. The third kappa shape index (κ3) is 2.48. The normalized spacial score (nSPS) is 16.5. The van der Waals surface area contributed by atoms with Gasteiger partial charge in [-0.25, -0.2) is 0 Å². The number of fused-ring (bicyclic) bond motifs is 4. The Bertz CT molecular complexity index is 1160. The Labute approximate surface area is 167 Å². The van der Waals surface area contributed by atoms with Crippen molar-refractivity contribution in [1.29, 1.82) is 0 Å². The third-order valence-corrected chi connectivity index (χ3v) is 6.34. The number of nitrogens with zero attached hydrogens (tertiary/aromatic N) is 2. The van der Waals surface area contributed by atoms with Crippen molar-refractivity contribution < 1.29 is 0 Å². The second-order valence-electron chi connectivity index (χ2n) is 6.85. The molecule has 4 aromatic rings. The van der Waals surface area contributed by atoms with Gasteiger partial charge in [0.05, 0.1) is 6.04 Å². The highest BCUT2D eigenvalue weighted by molar-refractivity contribution is 9.10. The van der Waals surface area contributed by atoms with Crippen molar-refractivity contribution >= 4 is 53.7 Å². The maximum atomic E-state index is 12.4. The lowest BCUT2D eigenvalue weighted by atomic mass is 10.2. The van der Waals surface area contributed by atoms with E-state index in [1.807, 2.05) is 10.6 Å². The zero-order valence-electron chi connectivity index (χ0n) is 14.0. The number of hydrogen-bond acceptors (Lipinski definition) is 1. The van der Waals surface area contributed by atoms with Crippen LogP contribution in [0.2, 0.25) is 0 Å². The molecular weight excluding hydrogens is 456 g/mol. The number of aromatic nitrogens is 2. The molecule has 1 atom stereocenters. The standard InChI is InChI=1S/C21H16Br2N2O/c22-13-4-8-19-17(10-13)18-11-14(23)5-9-20(18)24(19)12-16-7-6-15-2-1-3-21(26)25(15)16/h1-5,8-11,16H,6-7,12H2. The minimum atomic E-state index is 0.108. The fourth-order valence-electron chi connectivity index (χ4n) is 4.23. The van der Waals surface area contributed by atoms with Crippen LogP contribution < -0.4 is 5.56 Å². The third-order valence-electron chi connectivity index (χ3n) is 5.36. The first-order chi connectivity index (χ1) is 12.6. The van der Waals surface area contributed by atoms with Gasteiger partial charge in [0.2, 0.25) is 0 Å². The lowest BCUT2D eigenvalue weighted by molar-refractivity contribution is 0.452. The van der Waals surface area contributed by atoms with Crippen LogP contribution in [0.1, 0.15) is 18.2 Å². The van der Waals surface area contributed by atoms with Crippen LogP contribution in [0.5, 0.6) is 0 Å². The molecule has 1 aliphatic rings. The molecule has 0 bridgehead atoms. The lowest BCUT2D eigenvalue weighted by Gasteiger charge is -2.17. The Balaban J connectivity index is 1.72. The van der Waals surface area contributed by atoms with Crippen molar-refractivity contribution in [1.82, 2.24) is 9.13 Å². The van der Waals surface area contributed by atoms with E-state index in [9.17, 15) is 4.79 Å². The number of aryl methyl sites for hydroxylation is 1. The van der Waals surface area contributed by atoms with Gasteiger partial charge in [0, 0.05) is 49.1 Å². The van der Waals surface area contributed by atoms with Crippen LogP contribution in [0, 0.1) is 0 Å². The molecule has 0 saturated heterocycles. The first-order valence-electron chi connectivity index (χ1n) is 8.69. The summed E-state index contributed by atoms with van der Waals surface area (Å²) in [5, 5.41) is 2.46. The van der Waals surface area contributed by atoms with E-state index in [4.69, 9.17) is 0 Å². The molecule has 1 unspecified atom stereocenters. The summed E-state index contributed by atoms with van der Waals surface area (Å²) in [6.45, 7) is 0.806. The highest BCUT2D eigenvalue weighted by Gasteiger charge is 2.24. The molecule has 3 nitrogen and oxygen atoms in total. The fourth-order valence-corrected chi connectivity index (χ4v) is 4.96. The SMILES string of the molecule is O=c1cccc2n1C(Cn1c3ccc(Br)cc3c3cc(Br)ccc31)CC2. The van der Waals surface area contributed by atoms with Crippen molar-refractivity contribution in [3.8, 4) is 0 Å². The summed E-state index contributed by atoms with van der Waals surface area (Å²) in [4.78, 5) is 12.4. The number of pyridine rings is 1. The Morgan fingerprint density at radius 1 is 0.923 bits per heavy atom. The average Bonchev–Trinajstić information content (AvgIpc) is 3.16. The molecule has 0 aliphatic carbocycles. The van der Waals surface area contributed by atoms with Crippen molar-refractivity contribution in [3.05, 3.63) is 79.6 Å². The Morgan fingerprint density at radius 2 is 1.58 bits per heavy atom. The molecule has 5 rings (SSSR count). The summed E-state index contributed by atoms with van der Waals surface area (Å²) in [6.07, 6.45) is 1.97. The van der Waals surface area contributed by atoms with Crippen LogP contribution in [0.4, 0.5) is 0 Å². The van der Waals surface area contributed by atoms with Crippen molar-refractivity contribution in [2.45, 2.75) is 25.4 Å². The molecule has 2 aromatic heterocycles. The van der Waals surface area contributed by atoms with Crippen molar-refractivity contribution in [2.75, 3.05) is 0 Å². The zero-order valence-corrected chi connectivity index (χ0v) is 17.1. The highest BCUT2D eigenvalue weighted by atomic mass is 79.9. The summed E-state index contributed by atoms with van der Waals surface area (Å²) in [5.74, 6) is 0. The molecule has 0 spiro atoms. The lowest BCUT2D eigenvalue weighted by Crippen LogP contribution is -2.24. The molecule has 130 valence electrons. The first-order valence-corrected chi connectivity index (χ1v) is 10.3. The van der Waals surface area contributed by atoms with Gasteiger partial charge in [-0.3, -0.25) is 4.79 Å². The van der Waals surface area contributed by atoms with E-state index >= 15 is 0 Å². The van der Waals surface area contributed by atoms with Gasteiger partial charge < -0.3 is 9.13 Å². The van der Waals surface area contributed by atoms with Crippen LogP contribution in [-0.4, -0.2) is 9.13 Å². The highest BCUT2D eigenvalue weighted by Crippen LogP contribution is 2.35. The maximum Gasteiger partial charge on any atom is 0.251 e. The van der Waals surface area contributed by atoms with Gasteiger partial charge in [-0.1, -0.05) is 37.9 Å². The number of rotatable bonds is 2. The van der Waals surface area contributed by atoms with Crippen LogP contribution in [-0.2, 0) is 13.0 Å². The van der Waals surface area contributed by atoms with E-state index in [1.54, 1.807) is 6.07 Å². The van der Waals surface area contributed by atoms with Gasteiger partial charge in [0.1, 0.15) is 0 Å². The molecule has 0 amide bonds. The van der Waals surface area contributed by atoms with E-state index in [-0.39, 0.29) is 11.6 Å². The monoisotopic (exact) mass is 470 g/mol. The smallest absolute Gasteiger partial charge is 0.251 e. The van der Waals surface area contributed by atoms with E-state index < -0.39 is 0 Å². The number of halogens is 2. The molecule has 0 radical (unpaired) electrons. The van der Waals surface area contributed by atoms with E-state index in [2.05, 4.69) is 78.9 Å². The topological polar surface area (TPSA) is 26.9 Å². The minimum Gasteiger partial charge on any atom is -0.338 e. The molecule has 2 aromatic carbocycles. The van der Waals surface area contributed by atoms with Gasteiger partial charge in [-0.05, 0) is 55.3 Å². The van der Waals surface area contributed by atoms with Crippen LogP contribution in [0.15, 0.2) is 68.3 Å². The summed E-state index contributed by atoms with van der Waals surface area (Å²) < 4.78 is 6.50. The Morgan fingerprint density at radius 3 is 2.23 bits per heavy atom. The molecular formula is C21H16Br2N2O. The van der Waals surface area contributed by atoms with E-state index in [0.29, 0.717) is 0 Å².